The molecule has 0 aliphatic rings. The van der Waals surface area contributed by atoms with Crippen molar-refractivity contribution in [2.45, 2.75) is 60.6 Å². The van der Waals surface area contributed by atoms with Gasteiger partial charge in [0, 0.05) is 9.52 Å². The molecule has 3 rings (SSSR count). The number of benzene rings is 1. The minimum Gasteiger partial charge on any atom is -1.00 e. The van der Waals surface area contributed by atoms with Crippen molar-refractivity contribution in [3.63, 3.8) is 0 Å². The Hall–Kier alpha value is -0.140. The average molecular weight is 500 g/mol. The quantitative estimate of drug-likeness (QED) is 0.344. The number of rotatable bonds is 1. The Labute approximate surface area is 201 Å². The maximum atomic E-state index is 2.28. The van der Waals surface area contributed by atoms with E-state index in [9.17, 15) is 0 Å². The summed E-state index contributed by atoms with van der Waals surface area (Å²) in [6.45, 7) is 17.6. The van der Waals surface area contributed by atoms with Crippen molar-refractivity contribution in [1.29, 1.82) is 0 Å². The Morgan fingerprint density at radius 3 is 1.59 bits per heavy atom. The van der Waals surface area contributed by atoms with Crippen LogP contribution in [-0.4, -0.2) is 9.52 Å². The van der Waals surface area contributed by atoms with Crippen LogP contribution in [0, 0.1) is 27.7 Å². The monoisotopic (exact) mass is 497 g/mol. The van der Waals surface area contributed by atoms with Crippen LogP contribution in [0.5, 0.6) is 0 Å². The normalized spacial score (nSPS) is 9.07. The summed E-state index contributed by atoms with van der Waals surface area (Å²) in [5, 5.41) is 2.72. The molecule has 3 aromatic rings. The molecule has 0 aliphatic heterocycles. The van der Waals surface area contributed by atoms with Gasteiger partial charge in [0.2, 0.25) is 0 Å². The van der Waals surface area contributed by atoms with Crippen molar-refractivity contribution >= 4 is 20.3 Å². The molecule has 1 radical (unpaired) electrons. The van der Waals surface area contributed by atoms with Crippen LogP contribution in [0.15, 0.2) is 42.5 Å². The van der Waals surface area contributed by atoms with Crippen LogP contribution in [0.25, 0.3) is 10.8 Å². The zero-order valence-corrected chi connectivity index (χ0v) is 23.1. The number of aryl methyl sites for hydroxylation is 2. The predicted molar refractivity (Wildman–Crippen MR) is 113 cm³/mol. The van der Waals surface area contributed by atoms with E-state index in [2.05, 4.69) is 97.1 Å². The molecule has 0 atom stereocenters. The summed E-state index contributed by atoms with van der Waals surface area (Å²) in [5.74, 6) is 0.636. The Bertz CT molecular complexity index is 701. The fourth-order valence-electron chi connectivity index (χ4n) is 2.64. The molecule has 4 heteroatoms. The second kappa shape index (κ2) is 15.7. The SMILES string of the molecule is CC(C)c1cc2ccccc2[cH-]1.C[SiH]C.Cc1[cH-]c(C)c(C)c1C.[Cl-].[Cl-].[Zr+4]. The molecule has 0 fully saturated rings. The third kappa shape index (κ3) is 9.75. The van der Waals surface area contributed by atoms with E-state index in [-0.39, 0.29) is 51.0 Å². The van der Waals surface area contributed by atoms with Gasteiger partial charge in [-0.3, -0.25) is 0 Å². The van der Waals surface area contributed by atoms with Gasteiger partial charge in [-0.25, -0.2) is 0 Å². The van der Waals surface area contributed by atoms with Crippen LogP contribution in [0.4, 0.5) is 0 Å². The van der Waals surface area contributed by atoms with Gasteiger partial charge < -0.3 is 24.8 Å². The third-order valence-electron chi connectivity index (χ3n) is 4.49. The molecule has 0 heterocycles. The van der Waals surface area contributed by atoms with Gasteiger partial charge in [-0.05, 0) is 5.92 Å². The zero-order valence-electron chi connectivity index (χ0n) is 18.0. The number of fused-ring (bicyclic) bond motifs is 1. The van der Waals surface area contributed by atoms with Crippen molar-refractivity contribution in [2.24, 2.45) is 0 Å². The summed E-state index contributed by atoms with van der Waals surface area (Å²) in [6.07, 6.45) is 0. The molecular weight excluding hydrogens is 466 g/mol. The van der Waals surface area contributed by atoms with Crippen molar-refractivity contribution < 1.29 is 51.0 Å². The molecule has 0 aliphatic carbocycles. The second-order valence-electron chi connectivity index (χ2n) is 6.91. The summed E-state index contributed by atoms with van der Waals surface area (Å²) < 4.78 is 0. The van der Waals surface area contributed by atoms with E-state index >= 15 is 0 Å². The molecule has 0 spiro atoms. The van der Waals surface area contributed by atoms with Gasteiger partial charge in [-0.1, -0.05) is 60.7 Å². The molecule has 0 bridgehead atoms. The first-order valence-electron chi connectivity index (χ1n) is 8.91. The maximum Gasteiger partial charge on any atom is 4.00 e. The van der Waals surface area contributed by atoms with Gasteiger partial charge in [0.25, 0.3) is 0 Å². The summed E-state index contributed by atoms with van der Waals surface area (Å²) in [5.41, 5.74) is 7.19. The molecule has 0 N–H and O–H groups in total. The molecule has 27 heavy (non-hydrogen) atoms. The van der Waals surface area contributed by atoms with E-state index in [1.807, 2.05) is 0 Å². The van der Waals surface area contributed by atoms with E-state index in [0.717, 1.165) is 9.52 Å². The number of hydrogen-bond acceptors (Lipinski definition) is 0. The van der Waals surface area contributed by atoms with Crippen molar-refractivity contribution in [1.82, 2.24) is 0 Å². The number of halogens is 2. The van der Waals surface area contributed by atoms with Gasteiger partial charge in [-0.15, -0.1) is 40.6 Å². The van der Waals surface area contributed by atoms with Crippen LogP contribution in [-0.2, 0) is 26.2 Å². The van der Waals surface area contributed by atoms with Crippen LogP contribution in [0.1, 0.15) is 47.6 Å². The van der Waals surface area contributed by atoms with Crippen molar-refractivity contribution in [3.8, 4) is 0 Å². The molecule has 0 aromatic heterocycles. The third-order valence-corrected chi connectivity index (χ3v) is 4.49. The molecule has 0 saturated heterocycles. The second-order valence-corrected chi connectivity index (χ2v) is 8.06. The van der Waals surface area contributed by atoms with Gasteiger partial charge >= 0.3 is 26.2 Å². The Morgan fingerprint density at radius 2 is 1.26 bits per heavy atom. The van der Waals surface area contributed by atoms with Gasteiger partial charge in [-0.2, -0.15) is 34.4 Å². The molecule has 0 amide bonds. The minimum absolute atomic E-state index is 0. The van der Waals surface area contributed by atoms with Crippen LogP contribution < -0.4 is 24.8 Å². The molecule has 147 valence electrons. The van der Waals surface area contributed by atoms with E-state index in [1.165, 1.54) is 38.6 Å². The number of hydrogen-bond donors (Lipinski definition) is 0. The van der Waals surface area contributed by atoms with E-state index in [4.69, 9.17) is 0 Å². The molecule has 3 aromatic carbocycles. The Balaban J connectivity index is -0.000000348. The first-order valence-corrected chi connectivity index (χ1v) is 11.2. The average Bonchev–Trinajstić information content (AvgIpc) is 3.07. The van der Waals surface area contributed by atoms with Crippen LogP contribution in [0.3, 0.4) is 0 Å². The molecule has 0 saturated carbocycles. The zero-order chi connectivity index (χ0) is 18.3. The van der Waals surface area contributed by atoms with E-state index < -0.39 is 0 Å². The molecular formula is C23H33Cl2SiZr. The van der Waals surface area contributed by atoms with Gasteiger partial charge in [0.1, 0.15) is 0 Å². The topological polar surface area (TPSA) is 0 Å². The smallest absolute Gasteiger partial charge is 1.00 e. The summed E-state index contributed by atoms with van der Waals surface area (Å²) in [6, 6.07) is 15.3. The largest absolute Gasteiger partial charge is 4.00 e. The first-order chi connectivity index (χ1) is 11.3. The predicted octanol–water partition coefficient (Wildman–Crippen LogP) is 0.846. The van der Waals surface area contributed by atoms with Crippen molar-refractivity contribution in [3.05, 3.63) is 70.3 Å². The van der Waals surface area contributed by atoms with Crippen LogP contribution >= 0.6 is 0 Å². The fourth-order valence-corrected chi connectivity index (χ4v) is 2.64. The van der Waals surface area contributed by atoms with Gasteiger partial charge in [0.15, 0.2) is 0 Å². The summed E-state index contributed by atoms with van der Waals surface area (Å²) in [4.78, 5) is 0. The first kappa shape index (κ1) is 31.6. The Kier molecular flexibility index (Phi) is 18.4. The molecule has 0 unspecified atom stereocenters. The van der Waals surface area contributed by atoms with Crippen molar-refractivity contribution in [2.75, 3.05) is 0 Å². The standard InChI is InChI=1S/C12H13.C9H13.C2H7Si.2ClH.Zr/c1-9(2)12-7-10-5-3-4-6-11(10)8-12;1-6-5-7(2)9(4)8(6)3;1-3-2;;;/h3-9H,1-2H3;5H,1-4H3;3H,1-2H3;2*1H;/q2*-1;;;;+4/p-2. The summed E-state index contributed by atoms with van der Waals surface area (Å²) >= 11 is 0. The Morgan fingerprint density at radius 1 is 0.815 bits per heavy atom. The fraction of sp³-hybridized carbons (Fsp3) is 0.391. The van der Waals surface area contributed by atoms with Crippen LogP contribution in [0.2, 0.25) is 13.1 Å². The molecule has 0 nitrogen and oxygen atoms in total. The van der Waals surface area contributed by atoms with E-state index in [0.29, 0.717) is 5.92 Å². The van der Waals surface area contributed by atoms with Gasteiger partial charge in [0.05, 0.1) is 0 Å². The summed E-state index contributed by atoms with van der Waals surface area (Å²) in [7, 11) is 0.750. The minimum atomic E-state index is 0. The van der Waals surface area contributed by atoms with E-state index in [1.54, 1.807) is 0 Å². The maximum absolute atomic E-state index is 2.28.